The summed E-state index contributed by atoms with van der Waals surface area (Å²) in [6.45, 7) is 9.00. The molecule has 1 atom stereocenters. The van der Waals surface area contributed by atoms with Crippen LogP contribution in [0.4, 0.5) is 5.82 Å². The zero-order valence-corrected chi connectivity index (χ0v) is 18.8. The zero-order chi connectivity index (χ0) is 22.7. The molecule has 164 valence electrons. The number of hydrogen-bond donors (Lipinski definition) is 1. The van der Waals surface area contributed by atoms with E-state index in [2.05, 4.69) is 40.3 Å². The molecular formula is C25H27N5O2. The van der Waals surface area contributed by atoms with E-state index in [0.29, 0.717) is 30.2 Å². The van der Waals surface area contributed by atoms with Crippen LogP contribution in [-0.4, -0.2) is 32.9 Å². The molecule has 0 saturated heterocycles. The molecule has 7 heteroatoms. The van der Waals surface area contributed by atoms with Gasteiger partial charge in [0.15, 0.2) is 0 Å². The lowest BCUT2D eigenvalue weighted by atomic mass is 10.1. The summed E-state index contributed by atoms with van der Waals surface area (Å²) in [5.41, 5.74) is 3.04. The molecule has 0 bridgehead atoms. The highest BCUT2D eigenvalue weighted by atomic mass is 16.5. The number of fused-ring (bicyclic) bond motifs is 1. The van der Waals surface area contributed by atoms with Crippen LogP contribution in [0.5, 0.6) is 5.75 Å². The van der Waals surface area contributed by atoms with E-state index in [9.17, 15) is 4.79 Å². The molecule has 4 aromatic rings. The SMILES string of the molecule is Cc1nc(NCCOc2ccc(C)c(C)c2)cc([C@H](C)n2ncc3ccccc3c2=O)n1. The van der Waals surface area contributed by atoms with Crippen molar-refractivity contribution in [1.82, 2.24) is 19.7 Å². The molecule has 1 N–H and O–H groups in total. The van der Waals surface area contributed by atoms with Gasteiger partial charge in [-0.3, -0.25) is 4.79 Å². The number of nitrogens with one attached hydrogen (secondary N) is 1. The Balaban J connectivity index is 1.47. The van der Waals surface area contributed by atoms with Crippen molar-refractivity contribution in [3.8, 4) is 5.75 Å². The van der Waals surface area contributed by atoms with E-state index in [-0.39, 0.29) is 11.6 Å². The van der Waals surface area contributed by atoms with Crippen LogP contribution in [0.25, 0.3) is 10.8 Å². The number of rotatable bonds is 7. The van der Waals surface area contributed by atoms with E-state index in [1.165, 1.54) is 15.8 Å². The van der Waals surface area contributed by atoms with E-state index in [1.54, 1.807) is 6.20 Å². The highest BCUT2D eigenvalue weighted by Gasteiger charge is 2.16. The van der Waals surface area contributed by atoms with Crippen molar-refractivity contribution >= 4 is 16.6 Å². The molecule has 2 aromatic carbocycles. The van der Waals surface area contributed by atoms with Crippen LogP contribution >= 0.6 is 0 Å². The Hall–Kier alpha value is -3.74. The standard InChI is InChI=1S/C25H27N5O2/c1-16-9-10-21(13-17(16)2)32-12-11-26-24-14-23(28-19(4)29-24)18(3)30-25(31)22-8-6-5-7-20(22)15-27-30/h5-10,13-15,18H,11-12H2,1-4H3,(H,26,28,29)/t18-/m0/s1. The van der Waals surface area contributed by atoms with Gasteiger partial charge in [-0.05, 0) is 57.0 Å². The second-order valence-electron chi connectivity index (χ2n) is 7.90. The second kappa shape index (κ2) is 9.18. The van der Waals surface area contributed by atoms with Gasteiger partial charge in [0.05, 0.1) is 29.9 Å². The van der Waals surface area contributed by atoms with Gasteiger partial charge in [0.2, 0.25) is 0 Å². The normalized spacial score (nSPS) is 12.0. The van der Waals surface area contributed by atoms with Crippen molar-refractivity contribution in [1.29, 1.82) is 0 Å². The Morgan fingerprint density at radius 3 is 2.66 bits per heavy atom. The lowest BCUT2D eigenvalue weighted by Gasteiger charge is -2.16. The summed E-state index contributed by atoms with van der Waals surface area (Å²) in [4.78, 5) is 21.9. The first-order valence-corrected chi connectivity index (χ1v) is 10.7. The number of anilines is 1. The zero-order valence-electron chi connectivity index (χ0n) is 18.8. The van der Waals surface area contributed by atoms with Crippen molar-refractivity contribution in [3.63, 3.8) is 0 Å². The average Bonchev–Trinajstić information content (AvgIpc) is 2.79. The van der Waals surface area contributed by atoms with Gasteiger partial charge in [-0.1, -0.05) is 24.3 Å². The number of nitrogens with zero attached hydrogens (tertiary/aromatic N) is 4. The van der Waals surface area contributed by atoms with Crippen molar-refractivity contribution in [2.24, 2.45) is 0 Å². The number of aromatic nitrogens is 4. The minimum absolute atomic E-state index is 0.136. The highest BCUT2D eigenvalue weighted by molar-refractivity contribution is 5.80. The maximum atomic E-state index is 12.9. The largest absolute Gasteiger partial charge is 0.492 e. The molecule has 0 saturated carbocycles. The predicted octanol–water partition coefficient (Wildman–Crippen LogP) is 4.21. The summed E-state index contributed by atoms with van der Waals surface area (Å²) in [6.07, 6.45) is 1.71. The highest BCUT2D eigenvalue weighted by Crippen LogP contribution is 2.19. The topological polar surface area (TPSA) is 81.9 Å². The quantitative estimate of drug-likeness (QED) is 0.443. The molecule has 0 amide bonds. The number of benzene rings is 2. The fraction of sp³-hybridized carbons (Fsp3) is 0.280. The van der Waals surface area contributed by atoms with Crippen LogP contribution in [0.2, 0.25) is 0 Å². The Labute approximate surface area is 187 Å². The summed E-state index contributed by atoms with van der Waals surface area (Å²) < 4.78 is 7.31. The molecule has 32 heavy (non-hydrogen) atoms. The summed E-state index contributed by atoms with van der Waals surface area (Å²) in [7, 11) is 0. The van der Waals surface area contributed by atoms with E-state index in [1.807, 2.05) is 56.3 Å². The van der Waals surface area contributed by atoms with E-state index in [0.717, 1.165) is 16.8 Å². The molecule has 0 aliphatic carbocycles. The van der Waals surface area contributed by atoms with Crippen LogP contribution in [0, 0.1) is 20.8 Å². The van der Waals surface area contributed by atoms with Gasteiger partial charge in [0, 0.05) is 11.5 Å². The Kier molecular flexibility index (Phi) is 6.16. The van der Waals surface area contributed by atoms with Gasteiger partial charge in [-0.15, -0.1) is 0 Å². The van der Waals surface area contributed by atoms with Crippen LogP contribution in [0.15, 0.2) is 59.5 Å². The molecule has 0 unspecified atom stereocenters. The molecule has 2 heterocycles. The number of hydrogen-bond acceptors (Lipinski definition) is 6. The monoisotopic (exact) mass is 429 g/mol. The first-order chi connectivity index (χ1) is 15.4. The van der Waals surface area contributed by atoms with Gasteiger partial charge in [-0.25, -0.2) is 14.6 Å². The van der Waals surface area contributed by atoms with Gasteiger partial charge in [-0.2, -0.15) is 5.10 Å². The molecular weight excluding hydrogens is 402 g/mol. The van der Waals surface area contributed by atoms with E-state index >= 15 is 0 Å². The Bertz CT molecular complexity index is 1320. The van der Waals surface area contributed by atoms with Gasteiger partial charge in [0.25, 0.3) is 5.56 Å². The van der Waals surface area contributed by atoms with Crippen LogP contribution in [0.3, 0.4) is 0 Å². The first-order valence-electron chi connectivity index (χ1n) is 10.7. The Morgan fingerprint density at radius 2 is 1.84 bits per heavy atom. The fourth-order valence-corrected chi connectivity index (χ4v) is 3.55. The van der Waals surface area contributed by atoms with E-state index < -0.39 is 0 Å². The maximum Gasteiger partial charge on any atom is 0.275 e. The third kappa shape index (κ3) is 4.61. The fourth-order valence-electron chi connectivity index (χ4n) is 3.55. The van der Waals surface area contributed by atoms with Crippen molar-refractivity contribution in [3.05, 3.63) is 87.7 Å². The van der Waals surface area contributed by atoms with Gasteiger partial charge >= 0.3 is 0 Å². The minimum Gasteiger partial charge on any atom is -0.492 e. The molecule has 0 aliphatic heterocycles. The van der Waals surface area contributed by atoms with E-state index in [4.69, 9.17) is 4.74 Å². The van der Waals surface area contributed by atoms with Crippen LogP contribution in [-0.2, 0) is 0 Å². The third-order valence-corrected chi connectivity index (χ3v) is 5.53. The van der Waals surface area contributed by atoms with Gasteiger partial charge in [0.1, 0.15) is 24.0 Å². The molecule has 0 spiro atoms. The van der Waals surface area contributed by atoms with Gasteiger partial charge < -0.3 is 10.1 Å². The molecule has 0 radical (unpaired) electrons. The number of aryl methyl sites for hydroxylation is 3. The molecule has 4 rings (SSSR count). The minimum atomic E-state index is -0.332. The smallest absolute Gasteiger partial charge is 0.275 e. The molecule has 2 aromatic heterocycles. The molecule has 0 aliphatic rings. The molecule has 0 fully saturated rings. The second-order valence-corrected chi connectivity index (χ2v) is 7.90. The van der Waals surface area contributed by atoms with Crippen LogP contribution < -0.4 is 15.6 Å². The van der Waals surface area contributed by atoms with Crippen molar-refractivity contribution in [2.75, 3.05) is 18.5 Å². The van der Waals surface area contributed by atoms with Crippen molar-refractivity contribution in [2.45, 2.75) is 33.7 Å². The number of ether oxygens (including phenoxy) is 1. The van der Waals surface area contributed by atoms with Crippen LogP contribution in [0.1, 0.15) is 35.6 Å². The average molecular weight is 430 g/mol. The predicted molar refractivity (Wildman–Crippen MR) is 126 cm³/mol. The summed E-state index contributed by atoms with van der Waals surface area (Å²) in [5.74, 6) is 2.17. The first kappa shape index (κ1) is 21.5. The summed E-state index contributed by atoms with van der Waals surface area (Å²) in [6, 6.07) is 15.1. The lowest BCUT2D eigenvalue weighted by molar-refractivity contribution is 0.332. The lowest BCUT2D eigenvalue weighted by Crippen LogP contribution is -2.27. The maximum absolute atomic E-state index is 12.9. The molecule has 7 nitrogen and oxygen atoms in total. The summed E-state index contributed by atoms with van der Waals surface area (Å²) in [5, 5.41) is 9.12. The Morgan fingerprint density at radius 1 is 1.03 bits per heavy atom. The third-order valence-electron chi connectivity index (χ3n) is 5.53. The van der Waals surface area contributed by atoms with Crippen molar-refractivity contribution < 1.29 is 4.74 Å². The summed E-state index contributed by atoms with van der Waals surface area (Å²) >= 11 is 0.